The number of terminal acetylenes is 1. The zero-order valence-corrected chi connectivity index (χ0v) is 12.6. The zero-order chi connectivity index (χ0) is 14.5. The van der Waals surface area contributed by atoms with Crippen molar-refractivity contribution < 1.29 is 9.53 Å². The van der Waals surface area contributed by atoms with Crippen LogP contribution in [0.15, 0.2) is 40.9 Å². The van der Waals surface area contributed by atoms with Crippen LogP contribution < -0.4 is 10.1 Å². The van der Waals surface area contributed by atoms with E-state index in [9.17, 15) is 4.79 Å². The number of hydrogen-bond donors (Lipinski definition) is 1. The number of halogens is 1. The van der Waals surface area contributed by atoms with Gasteiger partial charge in [0.25, 0.3) is 5.91 Å². The number of rotatable bonds is 4. The van der Waals surface area contributed by atoms with Crippen LogP contribution in [0.25, 0.3) is 10.8 Å². The van der Waals surface area contributed by atoms with Crippen molar-refractivity contribution in [1.82, 2.24) is 5.32 Å². The van der Waals surface area contributed by atoms with E-state index in [1.807, 2.05) is 36.4 Å². The Bertz CT molecular complexity index is 676. The van der Waals surface area contributed by atoms with E-state index in [-0.39, 0.29) is 12.5 Å². The molecule has 0 aliphatic rings. The average molecular weight is 332 g/mol. The summed E-state index contributed by atoms with van der Waals surface area (Å²) in [5, 5.41) is 4.74. The van der Waals surface area contributed by atoms with E-state index >= 15 is 0 Å². The fraction of sp³-hybridized carbons (Fsp3) is 0.188. The zero-order valence-electron chi connectivity index (χ0n) is 11.0. The maximum Gasteiger partial charge on any atom is 0.261 e. The molecule has 1 atom stereocenters. The van der Waals surface area contributed by atoms with Crippen LogP contribution in [0, 0.1) is 12.3 Å². The van der Waals surface area contributed by atoms with Crippen molar-refractivity contribution in [2.45, 2.75) is 13.0 Å². The number of nitrogens with one attached hydrogen (secondary N) is 1. The third-order valence-corrected chi connectivity index (χ3v) is 3.68. The Labute approximate surface area is 126 Å². The van der Waals surface area contributed by atoms with E-state index in [1.165, 1.54) is 0 Å². The van der Waals surface area contributed by atoms with Crippen LogP contribution in [0.2, 0.25) is 0 Å². The second-order valence-electron chi connectivity index (χ2n) is 4.28. The molecule has 0 fully saturated rings. The summed E-state index contributed by atoms with van der Waals surface area (Å²) in [4.78, 5) is 11.7. The van der Waals surface area contributed by atoms with Gasteiger partial charge in [0, 0.05) is 0 Å². The molecule has 0 radical (unpaired) electrons. The van der Waals surface area contributed by atoms with Gasteiger partial charge in [-0.25, -0.2) is 0 Å². The summed E-state index contributed by atoms with van der Waals surface area (Å²) < 4.78 is 6.52. The molecule has 102 valence electrons. The van der Waals surface area contributed by atoms with Gasteiger partial charge in [-0.05, 0) is 39.7 Å². The highest BCUT2D eigenvalue weighted by atomic mass is 79.9. The number of carbonyl (C=O) groups excluding carboxylic acids is 1. The number of ether oxygens (including phenoxy) is 1. The average Bonchev–Trinajstić information content (AvgIpc) is 2.47. The van der Waals surface area contributed by atoms with Gasteiger partial charge in [-0.3, -0.25) is 4.79 Å². The van der Waals surface area contributed by atoms with Crippen molar-refractivity contribution >= 4 is 32.6 Å². The Hall–Kier alpha value is -1.99. The molecule has 0 saturated heterocycles. The highest BCUT2D eigenvalue weighted by Gasteiger charge is 2.16. The molecule has 0 bridgehead atoms. The number of benzene rings is 2. The standard InChI is InChI=1S/C16H14BrNO2/c1-3-10-18-16(19)11(2)20-14-9-8-12-6-4-5-7-13(12)15(14)17/h1,4-9,11H,10H2,2H3,(H,18,19). The van der Waals surface area contributed by atoms with Crippen molar-refractivity contribution in [3.63, 3.8) is 0 Å². The maximum atomic E-state index is 11.7. The molecule has 1 unspecified atom stereocenters. The molecule has 1 N–H and O–H groups in total. The minimum absolute atomic E-state index is 0.200. The quantitative estimate of drug-likeness (QED) is 0.874. The molecule has 1 amide bonds. The fourth-order valence-corrected chi connectivity index (χ4v) is 2.42. The molecule has 2 aromatic carbocycles. The molecular weight excluding hydrogens is 318 g/mol. The summed E-state index contributed by atoms with van der Waals surface area (Å²) in [5.74, 6) is 2.75. The van der Waals surface area contributed by atoms with E-state index < -0.39 is 6.10 Å². The van der Waals surface area contributed by atoms with E-state index in [0.717, 1.165) is 15.2 Å². The van der Waals surface area contributed by atoms with Crippen molar-refractivity contribution in [2.75, 3.05) is 6.54 Å². The number of hydrogen-bond acceptors (Lipinski definition) is 2. The summed E-state index contributed by atoms with van der Waals surface area (Å²) in [6, 6.07) is 11.8. The molecule has 0 aliphatic heterocycles. The van der Waals surface area contributed by atoms with Gasteiger partial charge in [0.05, 0.1) is 11.0 Å². The lowest BCUT2D eigenvalue weighted by atomic mass is 10.1. The molecule has 0 heterocycles. The molecule has 0 aromatic heterocycles. The first-order valence-corrected chi connectivity index (χ1v) is 6.98. The largest absolute Gasteiger partial charge is 0.480 e. The summed E-state index contributed by atoms with van der Waals surface area (Å²) in [6.07, 6.45) is 4.49. The lowest BCUT2D eigenvalue weighted by molar-refractivity contribution is -0.127. The van der Waals surface area contributed by atoms with Crippen LogP contribution in [0.5, 0.6) is 5.75 Å². The second-order valence-corrected chi connectivity index (χ2v) is 5.07. The van der Waals surface area contributed by atoms with E-state index in [1.54, 1.807) is 6.92 Å². The SMILES string of the molecule is C#CCNC(=O)C(C)Oc1ccc2ccccc2c1Br. The van der Waals surface area contributed by atoms with Crippen molar-refractivity contribution in [1.29, 1.82) is 0 Å². The van der Waals surface area contributed by atoms with Crippen LogP contribution in [-0.2, 0) is 4.79 Å². The first kappa shape index (κ1) is 14.4. The molecule has 4 heteroatoms. The predicted octanol–water partition coefficient (Wildman–Crippen LogP) is 3.12. The van der Waals surface area contributed by atoms with Gasteiger partial charge in [0.1, 0.15) is 5.75 Å². The van der Waals surface area contributed by atoms with Crippen LogP contribution in [-0.4, -0.2) is 18.6 Å². The first-order valence-electron chi connectivity index (χ1n) is 6.18. The van der Waals surface area contributed by atoms with E-state index in [4.69, 9.17) is 11.2 Å². The monoisotopic (exact) mass is 331 g/mol. The van der Waals surface area contributed by atoms with Crippen LogP contribution in [0.1, 0.15) is 6.92 Å². The Morgan fingerprint density at radius 2 is 2.15 bits per heavy atom. The first-order chi connectivity index (χ1) is 9.63. The number of carbonyl (C=O) groups is 1. The van der Waals surface area contributed by atoms with Gasteiger partial charge in [-0.1, -0.05) is 36.3 Å². The third kappa shape index (κ3) is 3.12. The topological polar surface area (TPSA) is 38.3 Å². The molecular formula is C16H14BrNO2. The number of amides is 1. The predicted molar refractivity (Wildman–Crippen MR) is 83.6 cm³/mol. The smallest absolute Gasteiger partial charge is 0.261 e. The summed E-state index contributed by atoms with van der Waals surface area (Å²) in [6.45, 7) is 1.89. The highest BCUT2D eigenvalue weighted by molar-refractivity contribution is 9.10. The van der Waals surface area contributed by atoms with Crippen LogP contribution in [0.3, 0.4) is 0 Å². The normalized spacial score (nSPS) is 11.7. The van der Waals surface area contributed by atoms with Crippen molar-refractivity contribution in [3.8, 4) is 18.1 Å². The highest BCUT2D eigenvalue weighted by Crippen LogP contribution is 2.33. The third-order valence-electron chi connectivity index (χ3n) is 2.87. The van der Waals surface area contributed by atoms with Crippen molar-refractivity contribution in [2.24, 2.45) is 0 Å². The summed E-state index contributed by atoms with van der Waals surface area (Å²) in [7, 11) is 0. The molecule has 2 aromatic rings. The molecule has 0 saturated carbocycles. The van der Waals surface area contributed by atoms with Gasteiger partial charge < -0.3 is 10.1 Å². The Balaban J connectivity index is 2.20. The minimum atomic E-state index is -0.610. The maximum absolute atomic E-state index is 11.7. The summed E-state index contributed by atoms with van der Waals surface area (Å²) >= 11 is 3.52. The van der Waals surface area contributed by atoms with Gasteiger partial charge in [-0.15, -0.1) is 6.42 Å². The van der Waals surface area contributed by atoms with Crippen molar-refractivity contribution in [3.05, 3.63) is 40.9 Å². The number of fused-ring (bicyclic) bond motifs is 1. The van der Waals surface area contributed by atoms with E-state index in [2.05, 4.69) is 27.2 Å². The minimum Gasteiger partial charge on any atom is -0.480 e. The fourth-order valence-electron chi connectivity index (χ4n) is 1.83. The van der Waals surface area contributed by atoms with Crippen LogP contribution in [0.4, 0.5) is 0 Å². The Kier molecular flexibility index (Phi) is 4.65. The Morgan fingerprint density at radius 3 is 2.90 bits per heavy atom. The van der Waals surface area contributed by atoms with Gasteiger partial charge in [0.15, 0.2) is 6.10 Å². The Morgan fingerprint density at radius 1 is 1.40 bits per heavy atom. The van der Waals surface area contributed by atoms with Gasteiger partial charge in [0.2, 0.25) is 0 Å². The lowest BCUT2D eigenvalue weighted by Gasteiger charge is -2.16. The molecule has 3 nitrogen and oxygen atoms in total. The molecule has 20 heavy (non-hydrogen) atoms. The molecule has 0 aliphatic carbocycles. The lowest BCUT2D eigenvalue weighted by Crippen LogP contribution is -2.36. The second kappa shape index (κ2) is 6.44. The van der Waals surface area contributed by atoms with Crippen LogP contribution >= 0.6 is 15.9 Å². The van der Waals surface area contributed by atoms with E-state index in [0.29, 0.717) is 5.75 Å². The van der Waals surface area contributed by atoms with Gasteiger partial charge in [-0.2, -0.15) is 0 Å². The molecule has 0 spiro atoms. The van der Waals surface area contributed by atoms with Gasteiger partial charge >= 0.3 is 0 Å². The molecule has 2 rings (SSSR count). The summed E-state index contributed by atoms with van der Waals surface area (Å²) in [5.41, 5.74) is 0.